The molecule has 0 spiro atoms. The first kappa shape index (κ1) is 29.8. The summed E-state index contributed by atoms with van der Waals surface area (Å²) in [5.41, 5.74) is 7.07. The minimum absolute atomic E-state index is 0.237. The zero-order valence-electron chi connectivity index (χ0n) is 24.8. The molecule has 0 heterocycles. The van der Waals surface area contributed by atoms with Crippen molar-refractivity contribution in [3.8, 4) is 0 Å². The summed E-state index contributed by atoms with van der Waals surface area (Å²) in [4.78, 5) is 24.7. The number of nitrogens with one attached hydrogen (secondary N) is 1. The van der Waals surface area contributed by atoms with Crippen LogP contribution in [-0.4, -0.2) is 21.9 Å². The number of anilines is 1. The number of alkyl halides is 1. The predicted molar refractivity (Wildman–Crippen MR) is 173 cm³/mol. The molecule has 42 heavy (non-hydrogen) atoms. The first-order chi connectivity index (χ1) is 20.0. The van der Waals surface area contributed by atoms with Crippen LogP contribution in [0.25, 0.3) is 5.57 Å². The van der Waals surface area contributed by atoms with Crippen molar-refractivity contribution in [3.63, 3.8) is 0 Å². The zero-order valence-corrected chi connectivity index (χ0v) is 25.5. The molecule has 1 fully saturated rings. The maximum Gasteiger partial charge on any atom is 0.335 e. The van der Waals surface area contributed by atoms with Crippen molar-refractivity contribution in [1.29, 1.82) is 0 Å². The second kappa shape index (κ2) is 12.3. The van der Waals surface area contributed by atoms with E-state index in [1.807, 2.05) is 43.3 Å². The number of aryl methyl sites for hydroxylation is 2. The zero-order chi connectivity index (χ0) is 29.9. The third kappa shape index (κ3) is 7.04. The van der Waals surface area contributed by atoms with Gasteiger partial charge in [-0.15, -0.1) is 11.6 Å². The highest BCUT2D eigenvalue weighted by Crippen LogP contribution is 2.42. The molecular weight excluding hydrogens is 542 g/mol. The van der Waals surface area contributed by atoms with Gasteiger partial charge in [-0.1, -0.05) is 68.5 Å². The van der Waals surface area contributed by atoms with E-state index in [-0.39, 0.29) is 11.5 Å². The number of halogens is 1. The van der Waals surface area contributed by atoms with Gasteiger partial charge in [-0.05, 0) is 121 Å². The van der Waals surface area contributed by atoms with Crippen LogP contribution in [0.5, 0.6) is 0 Å². The van der Waals surface area contributed by atoms with Gasteiger partial charge in [0.2, 0.25) is 0 Å². The van der Waals surface area contributed by atoms with Crippen molar-refractivity contribution in [2.75, 3.05) is 5.32 Å². The monoisotopic (exact) mass is 581 g/mol. The molecule has 2 aliphatic rings. The second-order valence-electron chi connectivity index (χ2n) is 12.8. The lowest BCUT2D eigenvalue weighted by Gasteiger charge is -2.34. The summed E-state index contributed by atoms with van der Waals surface area (Å²) in [6.45, 7) is 6.72. The number of carboxylic acids is 1. The Labute approximate surface area is 254 Å². The fraction of sp³-hybridized carbons (Fsp3) is 0.351. The number of aromatic carboxylic acids is 1. The average molecular weight is 582 g/mol. The van der Waals surface area contributed by atoms with E-state index >= 15 is 0 Å². The van der Waals surface area contributed by atoms with Crippen molar-refractivity contribution < 1.29 is 14.7 Å². The number of amides is 1. The second-order valence-corrected chi connectivity index (χ2v) is 13.6. The van der Waals surface area contributed by atoms with Crippen LogP contribution in [0.1, 0.15) is 102 Å². The molecule has 0 aliphatic heterocycles. The maximum atomic E-state index is 13.2. The fourth-order valence-corrected chi connectivity index (χ4v) is 6.50. The molecule has 3 aromatic rings. The lowest BCUT2D eigenvalue weighted by Crippen LogP contribution is -2.20. The molecule has 218 valence electrons. The molecule has 5 rings (SSSR count). The Kier molecular flexibility index (Phi) is 8.75. The Morgan fingerprint density at radius 1 is 0.952 bits per heavy atom. The summed E-state index contributed by atoms with van der Waals surface area (Å²) < 4.78 is 0. The molecule has 2 aliphatic carbocycles. The quantitative estimate of drug-likeness (QED) is 0.260. The molecule has 1 amide bonds. The lowest BCUT2D eigenvalue weighted by atomic mass is 9.71. The van der Waals surface area contributed by atoms with Crippen LogP contribution in [0.15, 0.2) is 85.0 Å². The molecule has 2 N–H and O–H groups in total. The largest absolute Gasteiger partial charge is 0.478 e. The summed E-state index contributed by atoms with van der Waals surface area (Å²) in [5.74, 6) is -0.668. The van der Waals surface area contributed by atoms with Gasteiger partial charge in [0.05, 0.1) is 10.4 Å². The van der Waals surface area contributed by atoms with Crippen molar-refractivity contribution in [2.45, 2.75) is 76.5 Å². The van der Waals surface area contributed by atoms with E-state index < -0.39 is 10.8 Å². The normalized spacial score (nSPS) is 20.1. The minimum Gasteiger partial charge on any atom is -0.478 e. The number of benzene rings is 3. The molecule has 0 radical (unpaired) electrons. The molecule has 3 aromatic carbocycles. The van der Waals surface area contributed by atoms with Gasteiger partial charge in [0, 0.05) is 11.3 Å². The van der Waals surface area contributed by atoms with Crippen molar-refractivity contribution in [2.24, 2.45) is 5.41 Å². The number of carboxylic acid groups (broad SMARTS) is 1. The Morgan fingerprint density at radius 3 is 2.38 bits per heavy atom. The van der Waals surface area contributed by atoms with E-state index in [0.717, 1.165) is 17.6 Å². The van der Waals surface area contributed by atoms with Crippen LogP contribution in [0, 0.1) is 5.41 Å². The standard InChI is InChI=1S/C37H40ClNO3/c1-36(2)21-18-26(19-22-36)28-8-6-7-25(23-28)10-11-29-24-30(14-17-32(29)35(41)42)34(40)39-31-15-12-27(13-16-31)33-9-4-5-20-37(33,3)38/h4-9,12-17,23-24,26H,10-11,18-22H2,1-3H3,(H,39,40)(H,41,42). The van der Waals surface area contributed by atoms with Crippen LogP contribution in [0.3, 0.4) is 0 Å². The number of hydrogen-bond acceptors (Lipinski definition) is 2. The first-order valence-electron chi connectivity index (χ1n) is 14.9. The SMILES string of the molecule is CC1(C)CCC(c2cccc(CCc3cc(C(=O)Nc4ccc(C5=CC=CCC5(C)Cl)cc4)ccc3C(=O)O)c2)CC1. The van der Waals surface area contributed by atoms with E-state index in [0.29, 0.717) is 41.0 Å². The molecule has 1 saturated carbocycles. The van der Waals surface area contributed by atoms with Gasteiger partial charge in [0.1, 0.15) is 0 Å². The first-order valence-corrected chi connectivity index (χ1v) is 15.3. The molecule has 1 atom stereocenters. The highest BCUT2D eigenvalue weighted by atomic mass is 35.5. The van der Waals surface area contributed by atoms with Crippen LogP contribution in [0.4, 0.5) is 5.69 Å². The van der Waals surface area contributed by atoms with Crippen molar-refractivity contribution in [3.05, 3.63) is 118 Å². The molecule has 5 heteroatoms. The number of carbonyl (C=O) groups excluding carboxylic acids is 1. The minimum atomic E-state index is -0.982. The van der Waals surface area contributed by atoms with Gasteiger partial charge in [-0.25, -0.2) is 4.79 Å². The Bertz CT molecular complexity index is 1520. The van der Waals surface area contributed by atoms with E-state index in [2.05, 4.69) is 49.5 Å². The van der Waals surface area contributed by atoms with Gasteiger partial charge in [0.15, 0.2) is 0 Å². The van der Waals surface area contributed by atoms with E-state index in [1.165, 1.54) is 36.8 Å². The summed E-state index contributed by atoms with van der Waals surface area (Å²) in [6.07, 6.45) is 13.0. The summed E-state index contributed by atoms with van der Waals surface area (Å²) >= 11 is 6.71. The molecule has 0 saturated heterocycles. The molecule has 0 aromatic heterocycles. The summed E-state index contributed by atoms with van der Waals surface area (Å²) in [5, 5.41) is 12.8. The van der Waals surface area contributed by atoms with E-state index in [9.17, 15) is 14.7 Å². The highest BCUT2D eigenvalue weighted by molar-refractivity contribution is 6.30. The molecular formula is C37H40ClNO3. The molecule has 1 unspecified atom stereocenters. The smallest absolute Gasteiger partial charge is 0.335 e. The summed E-state index contributed by atoms with van der Waals surface area (Å²) in [6, 6.07) is 21.2. The number of allylic oxidation sites excluding steroid dienone is 4. The Morgan fingerprint density at radius 2 is 1.69 bits per heavy atom. The van der Waals surface area contributed by atoms with Gasteiger partial charge in [0.25, 0.3) is 5.91 Å². The van der Waals surface area contributed by atoms with E-state index in [4.69, 9.17) is 11.6 Å². The van der Waals surface area contributed by atoms with Crippen LogP contribution in [0.2, 0.25) is 0 Å². The topological polar surface area (TPSA) is 66.4 Å². The number of hydrogen-bond donors (Lipinski definition) is 2. The third-order valence-corrected chi connectivity index (χ3v) is 9.32. The van der Waals surface area contributed by atoms with E-state index in [1.54, 1.807) is 18.2 Å². The molecule has 0 bridgehead atoms. The van der Waals surface area contributed by atoms with Crippen LogP contribution in [-0.2, 0) is 12.8 Å². The maximum absolute atomic E-state index is 13.2. The van der Waals surface area contributed by atoms with Crippen molar-refractivity contribution in [1.82, 2.24) is 0 Å². The summed E-state index contributed by atoms with van der Waals surface area (Å²) in [7, 11) is 0. The Balaban J connectivity index is 1.27. The highest BCUT2D eigenvalue weighted by Gasteiger charge is 2.28. The number of rotatable bonds is 8. The van der Waals surface area contributed by atoms with Crippen LogP contribution >= 0.6 is 11.6 Å². The predicted octanol–water partition coefficient (Wildman–Crippen LogP) is 9.45. The third-order valence-electron chi connectivity index (χ3n) is 8.96. The van der Waals surface area contributed by atoms with Gasteiger partial charge >= 0.3 is 5.97 Å². The van der Waals surface area contributed by atoms with Crippen molar-refractivity contribution >= 4 is 34.7 Å². The average Bonchev–Trinajstić information content (AvgIpc) is 2.96. The lowest BCUT2D eigenvalue weighted by molar-refractivity contribution is 0.0695. The van der Waals surface area contributed by atoms with Gasteiger partial charge in [-0.3, -0.25) is 4.79 Å². The molecule has 4 nitrogen and oxygen atoms in total. The number of carbonyl (C=O) groups is 2. The van der Waals surface area contributed by atoms with Gasteiger partial charge < -0.3 is 10.4 Å². The van der Waals surface area contributed by atoms with Gasteiger partial charge in [-0.2, -0.15) is 0 Å². The van der Waals surface area contributed by atoms with Crippen LogP contribution < -0.4 is 5.32 Å². The Hall–Kier alpha value is -3.63. The fourth-order valence-electron chi connectivity index (χ4n) is 6.24.